The van der Waals surface area contributed by atoms with Crippen molar-refractivity contribution in [1.82, 2.24) is 0 Å². The molecule has 0 radical (unpaired) electrons. The lowest BCUT2D eigenvalue weighted by Crippen LogP contribution is -2.44. The van der Waals surface area contributed by atoms with Gasteiger partial charge in [-0.2, -0.15) is 13.2 Å². The molecular formula is C32H29F3N2O. The number of hydrogen-bond donors (Lipinski definition) is 2. The van der Waals surface area contributed by atoms with E-state index >= 15 is 13.2 Å². The second kappa shape index (κ2) is 11.4. The van der Waals surface area contributed by atoms with Gasteiger partial charge in [-0.05, 0) is 83.8 Å². The third kappa shape index (κ3) is 5.63. The molecule has 38 heavy (non-hydrogen) atoms. The van der Waals surface area contributed by atoms with Crippen LogP contribution >= 0.6 is 0 Å². The van der Waals surface area contributed by atoms with Gasteiger partial charge in [-0.1, -0.05) is 61.6 Å². The normalized spacial score (nSPS) is 11.5. The van der Waals surface area contributed by atoms with E-state index in [0.29, 0.717) is 22.9 Å². The van der Waals surface area contributed by atoms with Gasteiger partial charge in [0.25, 0.3) is 0 Å². The smallest absolute Gasteiger partial charge is 0.406 e. The maximum atomic E-state index is 15.1. The molecular weight excluding hydrogens is 485 g/mol. The van der Waals surface area contributed by atoms with Crippen molar-refractivity contribution in [2.75, 3.05) is 11.5 Å². The Kier molecular flexibility index (Phi) is 7.97. The summed E-state index contributed by atoms with van der Waals surface area (Å²) in [6.45, 7) is 2.12. The van der Waals surface area contributed by atoms with E-state index in [1.54, 1.807) is 24.3 Å². The minimum Gasteiger partial charge on any atom is -0.457 e. The van der Waals surface area contributed by atoms with E-state index in [-0.39, 0.29) is 16.7 Å². The van der Waals surface area contributed by atoms with Crippen LogP contribution in [-0.4, -0.2) is 6.18 Å². The summed E-state index contributed by atoms with van der Waals surface area (Å²) in [5.74, 6) is 7.24. The molecule has 4 rings (SSSR count). The molecule has 0 bridgehead atoms. The highest BCUT2D eigenvalue weighted by Crippen LogP contribution is 2.51. The monoisotopic (exact) mass is 514 g/mol. The summed E-state index contributed by atoms with van der Waals surface area (Å²) in [4.78, 5) is 0. The summed E-state index contributed by atoms with van der Waals surface area (Å²) in [5.41, 5.74) is 10.9. The second-order valence-corrected chi connectivity index (χ2v) is 9.05. The molecule has 6 heteroatoms. The molecule has 0 aromatic heterocycles. The zero-order valence-corrected chi connectivity index (χ0v) is 21.1. The highest BCUT2D eigenvalue weighted by atomic mass is 19.4. The van der Waals surface area contributed by atoms with E-state index in [2.05, 4.69) is 18.8 Å². The van der Waals surface area contributed by atoms with Crippen LogP contribution in [0.4, 0.5) is 24.5 Å². The number of benzene rings is 4. The third-order valence-electron chi connectivity index (χ3n) is 6.38. The van der Waals surface area contributed by atoms with Crippen LogP contribution < -0.4 is 16.2 Å². The lowest BCUT2D eigenvalue weighted by Gasteiger charge is -2.37. The van der Waals surface area contributed by atoms with Gasteiger partial charge in [0.2, 0.25) is 0 Å². The van der Waals surface area contributed by atoms with Crippen LogP contribution in [0.3, 0.4) is 0 Å². The predicted octanol–water partition coefficient (Wildman–Crippen LogP) is 8.08. The molecule has 0 atom stereocenters. The Balaban J connectivity index is 1.69. The van der Waals surface area contributed by atoms with Crippen molar-refractivity contribution in [3.63, 3.8) is 0 Å². The van der Waals surface area contributed by atoms with Gasteiger partial charge in [0, 0.05) is 23.4 Å². The molecule has 0 heterocycles. The first kappa shape index (κ1) is 26.7. The lowest BCUT2D eigenvalue weighted by molar-refractivity contribution is -0.166. The van der Waals surface area contributed by atoms with E-state index in [0.717, 1.165) is 24.8 Å². The Morgan fingerprint density at radius 1 is 0.658 bits per heavy atom. The molecule has 3 nitrogen and oxygen atoms in total. The number of nitrogen functional groups attached to an aromatic ring is 2. The number of halogens is 3. The van der Waals surface area contributed by atoms with Crippen LogP contribution in [0.5, 0.6) is 11.5 Å². The Labute approximate surface area is 221 Å². The van der Waals surface area contributed by atoms with E-state index in [9.17, 15) is 0 Å². The topological polar surface area (TPSA) is 61.3 Å². The summed E-state index contributed by atoms with van der Waals surface area (Å²) in [7, 11) is 0. The summed E-state index contributed by atoms with van der Waals surface area (Å²) in [6, 6.07) is 24.8. The van der Waals surface area contributed by atoms with Crippen LogP contribution in [0.15, 0.2) is 97.1 Å². The van der Waals surface area contributed by atoms with Crippen molar-refractivity contribution in [2.45, 2.75) is 37.8 Å². The standard InChI is InChI=1S/C32H29F3N2O/c1-2-3-4-5-6-23-7-19-29(20-8-23)38-30-21-13-26(14-22-30)31(32(33,34)35,24-9-15-27(36)16-10-24)25-11-17-28(37)18-12-25/h7-22H,2-4,36-37H2,1H3. The highest BCUT2D eigenvalue weighted by Gasteiger charge is 2.58. The summed E-state index contributed by atoms with van der Waals surface area (Å²) < 4.78 is 51.3. The van der Waals surface area contributed by atoms with Crippen LogP contribution in [0, 0.1) is 11.8 Å². The number of hydrogen-bond acceptors (Lipinski definition) is 3. The molecule has 0 aliphatic rings. The molecule has 0 fully saturated rings. The molecule has 4 aromatic carbocycles. The maximum absolute atomic E-state index is 15.1. The van der Waals surface area contributed by atoms with E-state index < -0.39 is 11.6 Å². The average molecular weight is 515 g/mol. The zero-order chi connectivity index (χ0) is 27.2. The van der Waals surface area contributed by atoms with E-state index in [1.807, 2.05) is 12.1 Å². The molecule has 0 aliphatic carbocycles. The number of anilines is 2. The number of alkyl halides is 3. The Morgan fingerprint density at radius 3 is 1.50 bits per heavy atom. The fourth-order valence-electron chi connectivity index (χ4n) is 4.40. The Morgan fingerprint density at radius 2 is 1.08 bits per heavy atom. The van der Waals surface area contributed by atoms with Gasteiger partial charge >= 0.3 is 6.18 Å². The summed E-state index contributed by atoms with van der Waals surface area (Å²) in [6.07, 6.45) is -1.65. The van der Waals surface area contributed by atoms with Crippen molar-refractivity contribution in [2.24, 2.45) is 0 Å². The van der Waals surface area contributed by atoms with Crippen molar-refractivity contribution in [1.29, 1.82) is 0 Å². The predicted molar refractivity (Wildman–Crippen MR) is 147 cm³/mol. The number of unbranched alkanes of at least 4 members (excludes halogenated alkanes) is 2. The largest absolute Gasteiger partial charge is 0.457 e. The molecule has 0 unspecified atom stereocenters. The van der Waals surface area contributed by atoms with Crippen molar-refractivity contribution in [3.05, 3.63) is 119 Å². The molecule has 4 aromatic rings. The fourth-order valence-corrected chi connectivity index (χ4v) is 4.40. The number of ether oxygens (including phenoxy) is 1. The molecule has 194 valence electrons. The van der Waals surface area contributed by atoms with Gasteiger partial charge in [0.1, 0.15) is 16.9 Å². The Hall–Kier alpha value is -4.37. The summed E-state index contributed by atoms with van der Waals surface area (Å²) in [5, 5.41) is 0. The number of rotatable bonds is 7. The highest BCUT2D eigenvalue weighted by molar-refractivity contribution is 5.57. The van der Waals surface area contributed by atoms with E-state index in [1.165, 1.54) is 60.7 Å². The SMILES string of the molecule is CCCCC#Cc1ccc(Oc2ccc(C(c3ccc(N)cc3)(c3ccc(N)cc3)C(F)(F)F)cc2)cc1. The second-order valence-electron chi connectivity index (χ2n) is 9.05. The maximum Gasteiger partial charge on any atom is 0.406 e. The lowest BCUT2D eigenvalue weighted by atomic mass is 9.68. The minimum absolute atomic E-state index is 0.0459. The zero-order valence-electron chi connectivity index (χ0n) is 21.1. The average Bonchev–Trinajstić information content (AvgIpc) is 2.90. The van der Waals surface area contributed by atoms with Gasteiger partial charge in [0.15, 0.2) is 0 Å². The van der Waals surface area contributed by atoms with Crippen molar-refractivity contribution in [3.8, 4) is 23.3 Å². The first-order valence-corrected chi connectivity index (χ1v) is 12.4. The Bertz CT molecular complexity index is 1350. The number of nitrogens with two attached hydrogens (primary N) is 2. The third-order valence-corrected chi connectivity index (χ3v) is 6.38. The van der Waals surface area contributed by atoms with Crippen LogP contribution in [-0.2, 0) is 5.41 Å². The quantitative estimate of drug-likeness (QED) is 0.113. The molecule has 4 N–H and O–H groups in total. The van der Waals surface area contributed by atoms with Crippen molar-refractivity contribution < 1.29 is 17.9 Å². The molecule has 0 saturated carbocycles. The van der Waals surface area contributed by atoms with Gasteiger partial charge < -0.3 is 16.2 Å². The molecule has 0 aliphatic heterocycles. The van der Waals surface area contributed by atoms with E-state index in [4.69, 9.17) is 16.2 Å². The summed E-state index contributed by atoms with van der Waals surface area (Å²) >= 11 is 0. The van der Waals surface area contributed by atoms with Gasteiger partial charge in [0.05, 0.1) is 0 Å². The molecule has 0 saturated heterocycles. The molecule has 0 amide bonds. The minimum atomic E-state index is -4.67. The van der Waals surface area contributed by atoms with Crippen molar-refractivity contribution >= 4 is 11.4 Å². The first-order valence-electron chi connectivity index (χ1n) is 12.4. The van der Waals surface area contributed by atoms with Crippen LogP contribution in [0.25, 0.3) is 0 Å². The van der Waals surface area contributed by atoms with Gasteiger partial charge in [-0.25, -0.2) is 0 Å². The van der Waals surface area contributed by atoms with Crippen LogP contribution in [0.1, 0.15) is 48.4 Å². The van der Waals surface area contributed by atoms with Gasteiger partial charge in [-0.3, -0.25) is 0 Å². The first-order chi connectivity index (χ1) is 18.2. The fraction of sp³-hybridized carbons (Fsp3) is 0.188. The van der Waals surface area contributed by atoms with Gasteiger partial charge in [-0.15, -0.1) is 0 Å². The molecule has 0 spiro atoms. The van der Waals surface area contributed by atoms with Crippen LogP contribution in [0.2, 0.25) is 0 Å².